The third-order valence-electron chi connectivity index (χ3n) is 4.81. The van der Waals surface area contributed by atoms with Gasteiger partial charge in [0, 0.05) is 11.6 Å². The van der Waals surface area contributed by atoms with Gasteiger partial charge in [0.1, 0.15) is 6.54 Å². The normalized spacial score (nSPS) is 11.8. The number of alkyl halides is 3. The molecule has 0 radical (unpaired) electrons. The van der Waals surface area contributed by atoms with Gasteiger partial charge in [-0.3, -0.25) is 9.10 Å². The van der Waals surface area contributed by atoms with Gasteiger partial charge in [0.15, 0.2) is 0 Å². The number of hydrogen-bond donors (Lipinski definition) is 1. The number of rotatable bonds is 8. The minimum Gasteiger partial charge on any atom is -0.354 e. The lowest BCUT2D eigenvalue weighted by atomic mass is 10.1. The molecule has 0 saturated heterocycles. The smallest absolute Gasteiger partial charge is 0.354 e. The van der Waals surface area contributed by atoms with E-state index in [0.29, 0.717) is 21.8 Å². The second kappa shape index (κ2) is 10.7. The summed E-state index contributed by atoms with van der Waals surface area (Å²) in [5, 5.41) is 2.90. The number of anilines is 1. The molecule has 0 saturated carbocycles. The van der Waals surface area contributed by atoms with Crippen molar-refractivity contribution >= 4 is 44.8 Å². The van der Waals surface area contributed by atoms with E-state index >= 15 is 0 Å². The van der Waals surface area contributed by atoms with E-state index in [0.717, 1.165) is 17.7 Å². The van der Waals surface area contributed by atoms with E-state index in [2.05, 4.69) is 5.32 Å². The van der Waals surface area contributed by atoms with Crippen LogP contribution in [0.25, 0.3) is 0 Å². The van der Waals surface area contributed by atoms with Crippen LogP contribution in [0.1, 0.15) is 11.1 Å². The second-order valence-corrected chi connectivity index (χ2v) is 9.92. The molecule has 0 aliphatic heterocycles. The summed E-state index contributed by atoms with van der Waals surface area (Å²) < 4.78 is 67.1. The van der Waals surface area contributed by atoms with E-state index in [4.69, 9.17) is 23.2 Å². The molecule has 3 rings (SSSR count). The van der Waals surface area contributed by atoms with Crippen molar-refractivity contribution in [1.82, 2.24) is 5.32 Å². The molecule has 0 aliphatic carbocycles. The fourth-order valence-corrected chi connectivity index (χ4v) is 4.93. The Morgan fingerprint density at radius 3 is 2.21 bits per heavy atom. The van der Waals surface area contributed by atoms with Crippen LogP contribution in [0.5, 0.6) is 0 Å². The molecule has 0 atom stereocenters. The molecule has 5 nitrogen and oxygen atoms in total. The van der Waals surface area contributed by atoms with Gasteiger partial charge in [0.25, 0.3) is 10.0 Å². The minimum atomic E-state index is -4.73. The molecule has 0 bridgehead atoms. The van der Waals surface area contributed by atoms with Crippen LogP contribution >= 0.6 is 23.2 Å². The zero-order valence-corrected chi connectivity index (χ0v) is 19.8. The molecule has 0 aromatic heterocycles. The Morgan fingerprint density at radius 2 is 1.59 bits per heavy atom. The Balaban J connectivity index is 1.88. The van der Waals surface area contributed by atoms with Gasteiger partial charge < -0.3 is 5.32 Å². The molecule has 34 heavy (non-hydrogen) atoms. The van der Waals surface area contributed by atoms with Crippen LogP contribution in [-0.4, -0.2) is 27.4 Å². The predicted molar refractivity (Wildman–Crippen MR) is 126 cm³/mol. The van der Waals surface area contributed by atoms with Gasteiger partial charge in [-0.05, 0) is 54.4 Å². The first-order chi connectivity index (χ1) is 16.0. The highest BCUT2D eigenvalue weighted by atomic mass is 35.5. The van der Waals surface area contributed by atoms with E-state index in [1.54, 1.807) is 30.3 Å². The van der Waals surface area contributed by atoms with Crippen LogP contribution in [0.4, 0.5) is 18.9 Å². The highest BCUT2D eigenvalue weighted by Crippen LogP contribution is 2.37. The Kier molecular flexibility index (Phi) is 8.12. The summed E-state index contributed by atoms with van der Waals surface area (Å²) in [4.78, 5) is 12.4. The van der Waals surface area contributed by atoms with Gasteiger partial charge >= 0.3 is 6.18 Å². The van der Waals surface area contributed by atoms with Gasteiger partial charge in [-0.1, -0.05) is 53.5 Å². The summed E-state index contributed by atoms with van der Waals surface area (Å²) >= 11 is 11.9. The van der Waals surface area contributed by atoms with Crippen molar-refractivity contribution in [3.8, 4) is 0 Å². The van der Waals surface area contributed by atoms with Gasteiger partial charge in [-0.15, -0.1) is 0 Å². The van der Waals surface area contributed by atoms with Crippen molar-refractivity contribution in [2.24, 2.45) is 0 Å². The summed E-state index contributed by atoms with van der Waals surface area (Å²) in [7, 11) is -4.41. The van der Waals surface area contributed by atoms with Crippen LogP contribution < -0.4 is 9.62 Å². The third-order valence-corrected chi connectivity index (χ3v) is 7.16. The Morgan fingerprint density at radius 1 is 0.941 bits per heavy atom. The van der Waals surface area contributed by atoms with E-state index in [1.165, 1.54) is 24.3 Å². The van der Waals surface area contributed by atoms with Crippen LogP contribution in [0.15, 0.2) is 77.7 Å². The first-order valence-corrected chi connectivity index (χ1v) is 12.1. The Hall–Kier alpha value is -2.75. The van der Waals surface area contributed by atoms with Crippen molar-refractivity contribution in [3.63, 3.8) is 0 Å². The highest BCUT2D eigenvalue weighted by molar-refractivity contribution is 7.92. The summed E-state index contributed by atoms with van der Waals surface area (Å²) in [5.41, 5.74) is -0.657. The number of carbonyl (C=O) groups is 1. The lowest BCUT2D eigenvalue weighted by Gasteiger charge is -2.26. The molecule has 0 aliphatic rings. The summed E-state index contributed by atoms with van der Waals surface area (Å²) in [6.07, 6.45) is -4.29. The average Bonchev–Trinajstić information content (AvgIpc) is 2.79. The number of nitrogens with zero attached hydrogens (tertiary/aromatic N) is 1. The van der Waals surface area contributed by atoms with Crippen molar-refractivity contribution in [2.45, 2.75) is 17.5 Å². The fraction of sp³-hybridized carbons (Fsp3) is 0.174. The SMILES string of the molecule is O=C(CN(c1cc(C(F)(F)F)ccc1Cl)S(=O)(=O)c1ccccc1)NCCc1ccc(Cl)cc1. The van der Waals surface area contributed by atoms with Gasteiger partial charge in [0.2, 0.25) is 5.91 Å². The predicted octanol–water partition coefficient (Wildman–Crippen LogP) is 5.57. The maximum Gasteiger partial charge on any atom is 0.416 e. The molecular weight excluding hydrogens is 512 g/mol. The maximum absolute atomic E-state index is 13.3. The number of halogens is 5. The van der Waals surface area contributed by atoms with Gasteiger partial charge in [-0.2, -0.15) is 13.2 Å². The van der Waals surface area contributed by atoms with Crippen LogP contribution in [0.3, 0.4) is 0 Å². The van der Waals surface area contributed by atoms with Gasteiger partial charge in [0.05, 0.1) is 21.2 Å². The van der Waals surface area contributed by atoms with Crippen LogP contribution in [0, 0.1) is 0 Å². The molecule has 180 valence electrons. The molecule has 1 amide bonds. The monoisotopic (exact) mass is 530 g/mol. The number of sulfonamides is 1. The van der Waals surface area contributed by atoms with E-state index in [-0.39, 0.29) is 16.5 Å². The second-order valence-electron chi connectivity index (χ2n) is 7.22. The number of nitrogens with one attached hydrogen (secondary N) is 1. The molecular formula is C23H19Cl2F3N2O3S. The number of benzene rings is 3. The van der Waals surface area contributed by atoms with Crippen molar-refractivity contribution in [3.05, 3.63) is 94.0 Å². The zero-order chi connectivity index (χ0) is 24.9. The lowest BCUT2D eigenvalue weighted by Crippen LogP contribution is -2.41. The van der Waals surface area contributed by atoms with E-state index in [1.807, 2.05) is 0 Å². The Labute approximate surface area is 205 Å². The molecule has 0 heterocycles. The van der Waals surface area contributed by atoms with Crippen molar-refractivity contribution < 1.29 is 26.4 Å². The molecule has 0 fully saturated rings. The summed E-state index contributed by atoms with van der Waals surface area (Å²) in [6.45, 7) is -0.588. The topological polar surface area (TPSA) is 66.5 Å². The van der Waals surface area contributed by atoms with Crippen molar-refractivity contribution in [2.75, 3.05) is 17.4 Å². The standard InChI is InChI=1S/C23H19Cl2F3N2O3S/c24-18-9-6-16(7-10-18)12-13-29-22(31)15-30(34(32,33)19-4-2-1-3-5-19)21-14-17(23(26,27)28)8-11-20(21)25/h1-11,14H,12-13,15H2,(H,29,31). The number of carbonyl (C=O) groups excluding carboxylic acids is 1. The molecule has 0 unspecified atom stereocenters. The maximum atomic E-state index is 13.3. The number of amides is 1. The Bertz CT molecular complexity index is 1250. The molecule has 11 heteroatoms. The van der Waals surface area contributed by atoms with Gasteiger partial charge in [-0.25, -0.2) is 8.42 Å². The summed E-state index contributed by atoms with van der Waals surface area (Å²) in [6, 6.07) is 16.3. The van der Waals surface area contributed by atoms with Crippen LogP contribution in [0.2, 0.25) is 10.0 Å². The highest BCUT2D eigenvalue weighted by Gasteiger charge is 2.34. The fourth-order valence-electron chi connectivity index (χ4n) is 3.08. The minimum absolute atomic E-state index is 0.177. The van der Waals surface area contributed by atoms with E-state index < -0.39 is 39.9 Å². The largest absolute Gasteiger partial charge is 0.416 e. The zero-order valence-electron chi connectivity index (χ0n) is 17.5. The first-order valence-electron chi connectivity index (χ1n) is 9.94. The van der Waals surface area contributed by atoms with Crippen LogP contribution in [-0.2, 0) is 27.4 Å². The quantitative estimate of drug-likeness (QED) is 0.414. The number of hydrogen-bond acceptors (Lipinski definition) is 3. The van der Waals surface area contributed by atoms with Crippen molar-refractivity contribution in [1.29, 1.82) is 0 Å². The lowest BCUT2D eigenvalue weighted by molar-refractivity contribution is -0.137. The molecule has 3 aromatic rings. The summed E-state index contributed by atoms with van der Waals surface area (Å²) in [5.74, 6) is -0.707. The molecule has 1 N–H and O–H groups in total. The third kappa shape index (κ3) is 6.43. The first kappa shape index (κ1) is 25.9. The average molecular weight is 531 g/mol. The molecule has 3 aromatic carbocycles. The van der Waals surface area contributed by atoms with E-state index in [9.17, 15) is 26.4 Å². The molecule has 0 spiro atoms.